The van der Waals surface area contributed by atoms with Crippen LogP contribution in [0.25, 0.3) is 10.9 Å². The van der Waals surface area contributed by atoms with Crippen LogP contribution < -0.4 is 14.2 Å². The van der Waals surface area contributed by atoms with Crippen LogP contribution in [-0.2, 0) is 22.7 Å². The van der Waals surface area contributed by atoms with Gasteiger partial charge in [-0.15, -0.1) is 0 Å². The van der Waals surface area contributed by atoms with E-state index in [2.05, 4.69) is 34.3 Å². The lowest BCUT2D eigenvalue weighted by molar-refractivity contribution is 0.185. The van der Waals surface area contributed by atoms with E-state index in [1.807, 2.05) is 19.1 Å². The van der Waals surface area contributed by atoms with Crippen LogP contribution in [-0.4, -0.2) is 64.2 Å². The minimum atomic E-state index is -3.05. The minimum absolute atomic E-state index is 0.0890. The molecule has 4 rings (SSSR count). The molecule has 2 heterocycles. The Morgan fingerprint density at radius 1 is 1.12 bits per heavy atom. The Balaban J connectivity index is 1.66. The number of hydrogen-bond donors (Lipinski definition) is 1. The Morgan fingerprint density at radius 2 is 1.94 bits per heavy atom. The predicted octanol–water partition coefficient (Wildman–Crippen LogP) is 4.16. The number of aromatic amines is 1. The Morgan fingerprint density at radius 3 is 2.65 bits per heavy atom. The van der Waals surface area contributed by atoms with Gasteiger partial charge in [0.25, 0.3) is 0 Å². The molecular formula is C26H34N2O5S. The van der Waals surface area contributed by atoms with Gasteiger partial charge < -0.3 is 19.2 Å². The zero-order valence-corrected chi connectivity index (χ0v) is 21.2. The molecule has 1 aliphatic rings. The van der Waals surface area contributed by atoms with E-state index in [0.29, 0.717) is 13.2 Å². The molecule has 0 bridgehead atoms. The number of hydrogen-bond acceptors (Lipinski definition) is 6. The average molecular weight is 487 g/mol. The van der Waals surface area contributed by atoms with Crippen LogP contribution in [0.2, 0.25) is 0 Å². The SMILES string of the molecule is CCOc1cc2c(cc1OC)CCN(CCS(C)(=O)=O)[C@H]2CCc1c[nH]c2ccc(OC)cc12. The van der Waals surface area contributed by atoms with Crippen molar-refractivity contribution in [2.75, 3.05) is 45.9 Å². The Labute approximate surface area is 201 Å². The van der Waals surface area contributed by atoms with E-state index in [9.17, 15) is 8.42 Å². The fourth-order valence-corrected chi connectivity index (χ4v) is 5.43. The number of H-pyrrole nitrogens is 1. The van der Waals surface area contributed by atoms with Crippen molar-refractivity contribution >= 4 is 20.7 Å². The summed E-state index contributed by atoms with van der Waals surface area (Å²) in [5, 5.41) is 1.16. The maximum Gasteiger partial charge on any atom is 0.161 e. The molecule has 184 valence electrons. The van der Waals surface area contributed by atoms with Gasteiger partial charge in [-0.2, -0.15) is 0 Å². The lowest BCUT2D eigenvalue weighted by atomic mass is 9.88. The van der Waals surface area contributed by atoms with Gasteiger partial charge in [-0.25, -0.2) is 8.42 Å². The van der Waals surface area contributed by atoms with Gasteiger partial charge in [0.2, 0.25) is 0 Å². The number of benzene rings is 2. The molecule has 34 heavy (non-hydrogen) atoms. The van der Waals surface area contributed by atoms with Gasteiger partial charge in [0, 0.05) is 42.5 Å². The topological polar surface area (TPSA) is 80.9 Å². The van der Waals surface area contributed by atoms with E-state index in [-0.39, 0.29) is 11.8 Å². The Hall–Kier alpha value is -2.71. The largest absolute Gasteiger partial charge is 0.497 e. The summed E-state index contributed by atoms with van der Waals surface area (Å²) in [6.45, 7) is 3.83. The highest BCUT2D eigenvalue weighted by Gasteiger charge is 2.29. The summed E-state index contributed by atoms with van der Waals surface area (Å²) in [4.78, 5) is 5.67. The summed E-state index contributed by atoms with van der Waals surface area (Å²) in [6.07, 6.45) is 5.93. The van der Waals surface area contributed by atoms with Gasteiger partial charge in [-0.3, -0.25) is 4.90 Å². The number of methoxy groups -OCH3 is 2. The second-order valence-electron chi connectivity index (χ2n) is 8.83. The summed E-state index contributed by atoms with van der Waals surface area (Å²) in [7, 11) is 0.286. The molecule has 1 aromatic heterocycles. The standard InChI is InChI=1S/C26H34N2O5S/c1-5-33-26-16-22-18(14-25(26)32-3)10-11-28(12-13-34(4,29)30)24(22)9-6-19-17-27-23-8-7-20(31-2)15-21(19)23/h7-8,14-17,24,27H,5-6,9-13H2,1-4H3/t24-/m0/s1. The first kappa shape index (κ1) is 24.4. The number of sulfone groups is 1. The van der Waals surface area contributed by atoms with Crippen molar-refractivity contribution in [3.63, 3.8) is 0 Å². The average Bonchev–Trinajstić information content (AvgIpc) is 3.22. The van der Waals surface area contributed by atoms with Gasteiger partial charge in [0.15, 0.2) is 11.5 Å². The number of rotatable bonds is 10. The van der Waals surface area contributed by atoms with Crippen LogP contribution in [0.3, 0.4) is 0 Å². The third kappa shape index (κ3) is 5.33. The Kier molecular flexibility index (Phi) is 7.38. The molecular weight excluding hydrogens is 452 g/mol. The molecule has 0 aliphatic carbocycles. The van der Waals surface area contributed by atoms with Crippen LogP contribution in [0.4, 0.5) is 0 Å². The van der Waals surface area contributed by atoms with E-state index in [1.165, 1.54) is 22.9 Å². The second kappa shape index (κ2) is 10.3. The molecule has 0 unspecified atom stereocenters. The second-order valence-corrected chi connectivity index (χ2v) is 11.1. The molecule has 3 aromatic rings. The van der Waals surface area contributed by atoms with Gasteiger partial charge >= 0.3 is 0 Å². The van der Waals surface area contributed by atoms with Crippen molar-refractivity contribution in [1.29, 1.82) is 0 Å². The molecule has 7 nitrogen and oxygen atoms in total. The minimum Gasteiger partial charge on any atom is -0.497 e. The van der Waals surface area contributed by atoms with Gasteiger partial charge in [0.05, 0.1) is 26.6 Å². The predicted molar refractivity (Wildman–Crippen MR) is 135 cm³/mol. The maximum absolute atomic E-state index is 11.9. The molecule has 0 saturated carbocycles. The van der Waals surface area contributed by atoms with Crippen molar-refractivity contribution in [1.82, 2.24) is 9.88 Å². The fourth-order valence-electron chi connectivity index (χ4n) is 4.86. The monoisotopic (exact) mass is 486 g/mol. The summed E-state index contributed by atoms with van der Waals surface area (Å²) < 4.78 is 40.7. The molecule has 0 amide bonds. The first-order chi connectivity index (χ1) is 16.3. The first-order valence-electron chi connectivity index (χ1n) is 11.7. The van der Waals surface area contributed by atoms with E-state index in [1.54, 1.807) is 14.2 Å². The number of ether oxygens (including phenoxy) is 3. The number of fused-ring (bicyclic) bond motifs is 2. The third-order valence-electron chi connectivity index (χ3n) is 6.60. The van der Waals surface area contributed by atoms with Crippen molar-refractivity contribution in [2.24, 2.45) is 0 Å². The number of aromatic nitrogens is 1. The summed E-state index contributed by atoms with van der Waals surface area (Å²) in [6, 6.07) is 10.3. The normalized spacial score (nSPS) is 16.4. The van der Waals surface area contributed by atoms with Crippen LogP contribution in [0.5, 0.6) is 17.2 Å². The number of nitrogens with one attached hydrogen (secondary N) is 1. The van der Waals surface area contributed by atoms with E-state index < -0.39 is 9.84 Å². The summed E-state index contributed by atoms with van der Waals surface area (Å²) >= 11 is 0. The van der Waals surface area contributed by atoms with Crippen LogP contribution in [0.1, 0.15) is 36.1 Å². The van der Waals surface area contributed by atoms with Crippen molar-refractivity contribution < 1.29 is 22.6 Å². The zero-order chi connectivity index (χ0) is 24.3. The highest BCUT2D eigenvalue weighted by atomic mass is 32.2. The lowest BCUT2D eigenvalue weighted by Gasteiger charge is -2.38. The molecule has 0 spiro atoms. The van der Waals surface area contributed by atoms with Crippen LogP contribution >= 0.6 is 0 Å². The lowest BCUT2D eigenvalue weighted by Crippen LogP contribution is -2.38. The molecule has 1 atom stereocenters. The smallest absolute Gasteiger partial charge is 0.161 e. The Bertz CT molecular complexity index is 1250. The van der Waals surface area contributed by atoms with E-state index in [0.717, 1.165) is 54.0 Å². The van der Waals surface area contributed by atoms with Crippen LogP contribution in [0, 0.1) is 0 Å². The van der Waals surface area contributed by atoms with Crippen LogP contribution in [0.15, 0.2) is 36.5 Å². The highest BCUT2D eigenvalue weighted by Crippen LogP contribution is 2.40. The molecule has 2 aromatic carbocycles. The number of aryl methyl sites for hydroxylation is 1. The van der Waals surface area contributed by atoms with Gasteiger partial charge in [0.1, 0.15) is 15.6 Å². The maximum atomic E-state index is 11.9. The van der Waals surface area contributed by atoms with Crippen molar-refractivity contribution in [3.05, 3.63) is 53.2 Å². The molecule has 0 saturated heterocycles. The molecule has 1 N–H and O–H groups in total. The van der Waals surface area contributed by atoms with Crippen molar-refractivity contribution in [2.45, 2.75) is 32.2 Å². The molecule has 0 fully saturated rings. The van der Waals surface area contributed by atoms with E-state index >= 15 is 0 Å². The van der Waals surface area contributed by atoms with Crippen molar-refractivity contribution in [3.8, 4) is 17.2 Å². The molecule has 0 radical (unpaired) electrons. The number of nitrogens with zero attached hydrogens (tertiary/aromatic N) is 1. The quantitative estimate of drug-likeness (QED) is 0.464. The molecule has 1 aliphatic heterocycles. The fraction of sp³-hybridized carbons (Fsp3) is 0.462. The summed E-state index contributed by atoms with van der Waals surface area (Å²) in [5.41, 5.74) is 4.74. The zero-order valence-electron chi connectivity index (χ0n) is 20.4. The third-order valence-corrected chi connectivity index (χ3v) is 7.53. The summed E-state index contributed by atoms with van der Waals surface area (Å²) in [5.74, 6) is 2.46. The van der Waals surface area contributed by atoms with Gasteiger partial charge in [-0.05, 0) is 73.2 Å². The highest BCUT2D eigenvalue weighted by molar-refractivity contribution is 7.90. The molecule has 8 heteroatoms. The first-order valence-corrected chi connectivity index (χ1v) is 13.8. The van der Waals surface area contributed by atoms with Gasteiger partial charge in [-0.1, -0.05) is 0 Å². The van der Waals surface area contributed by atoms with E-state index in [4.69, 9.17) is 14.2 Å².